The van der Waals surface area contributed by atoms with Gasteiger partial charge < -0.3 is 9.63 Å². The minimum Gasteiger partial charge on any atom is -0.508 e. The quantitative estimate of drug-likeness (QED) is 0.598. The number of rotatable bonds is 2. The van der Waals surface area contributed by atoms with Gasteiger partial charge in [0, 0.05) is 5.69 Å². The molecule has 0 aliphatic rings. The molecule has 24 heavy (non-hydrogen) atoms. The Balaban J connectivity index is 2.09. The van der Waals surface area contributed by atoms with Gasteiger partial charge in [-0.3, -0.25) is 4.57 Å². The molecule has 2 aromatic heterocycles. The van der Waals surface area contributed by atoms with Crippen molar-refractivity contribution in [1.29, 1.82) is 0 Å². The molecule has 0 unspecified atom stereocenters. The summed E-state index contributed by atoms with van der Waals surface area (Å²) in [5.74, 6) is 1.80. The van der Waals surface area contributed by atoms with Crippen LogP contribution in [0.15, 0.2) is 47.0 Å². The summed E-state index contributed by atoms with van der Waals surface area (Å²) in [6, 6.07) is 13.5. The third kappa shape index (κ3) is 2.09. The van der Waals surface area contributed by atoms with Crippen molar-refractivity contribution in [3.05, 3.63) is 59.5 Å². The monoisotopic (exact) mass is 319 g/mol. The highest BCUT2D eigenvalue weighted by molar-refractivity contribution is 5.84. The van der Waals surface area contributed by atoms with Crippen LogP contribution in [-0.2, 0) is 0 Å². The average Bonchev–Trinajstić information content (AvgIpc) is 3.10. The van der Waals surface area contributed by atoms with Gasteiger partial charge in [0.05, 0.1) is 22.3 Å². The fourth-order valence-electron chi connectivity index (χ4n) is 3.04. The van der Waals surface area contributed by atoms with Crippen LogP contribution in [0.3, 0.4) is 0 Å². The van der Waals surface area contributed by atoms with E-state index < -0.39 is 0 Å². The summed E-state index contributed by atoms with van der Waals surface area (Å²) in [5, 5.41) is 13.9. The van der Waals surface area contributed by atoms with E-state index in [2.05, 4.69) is 9.72 Å². The van der Waals surface area contributed by atoms with Crippen LogP contribution in [0.1, 0.15) is 17.0 Å². The summed E-state index contributed by atoms with van der Waals surface area (Å²) in [6.07, 6.45) is 0. The summed E-state index contributed by atoms with van der Waals surface area (Å²) < 4.78 is 7.41. The van der Waals surface area contributed by atoms with Gasteiger partial charge in [0.1, 0.15) is 11.5 Å². The summed E-state index contributed by atoms with van der Waals surface area (Å²) >= 11 is 0. The number of para-hydroxylation sites is 2. The molecule has 2 heterocycles. The van der Waals surface area contributed by atoms with E-state index in [9.17, 15) is 5.11 Å². The number of hydrogen-bond acceptors (Lipinski definition) is 4. The van der Waals surface area contributed by atoms with Gasteiger partial charge in [-0.05, 0) is 56.7 Å². The average molecular weight is 319 g/mol. The third-order valence-corrected chi connectivity index (χ3v) is 4.26. The number of fused-ring (bicyclic) bond motifs is 1. The van der Waals surface area contributed by atoms with E-state index in [0.717, 1.165) is 45.1 Å². The Morgan fingerprint density at radius 2 is 1.83 bits per heavy atom. The number of aromatic hydroxyl groups is 1. The van der Waals surface area contributed by atoms with Crippen molar-refractivity contribution in [2.75, 3.05) is 0 Å². The Morgan fingerprint density at radius 1 is 1.04 bits per heavy atom. The summed E-state index contributed by atoms with van der Waals surface area (Å²) in [7, 11) is 0. The van der Waals surface area contributed by atoms with Crippen molar-refractivity contribution in [2.45, 2.75) is 20.8 Å². The van der Waals surface area contributed by atoms with Crippen LogP contribution in [0.2, 0.25) is 0 Å². The molecular formula is C19H17N3O2. The second kappa shape index (κ2) is 5.23. The molecule has 0 aliphatic carbocycles. The molecular weight excluding hydrogens is 302 g/mol. The van der Waals surface area contributed by atoms with Crippen molar-refractivity contribution in [3.63, 3.8) is 0 Å². The molecule has 5 nitrogen and oxygen atoms in total. The van der Waals surface area contributed by atoms with E-state index in [0.29, 0.717) is 0 Å². The number of phenolic OH excluding ortho intramolecular Hbond substituents is 1. The van der Waals surface area contributed by atoms with Crippen LogP contribution < -0.4 is 0 Å². The van der Waals surface area contributed by atoms with E-state index in [1.165, 1.54) is 0 Å². The molecule has 0 spiro atoms. The number of benzene rings is 2. The Labute approximate surface area is 139 Å². The predicted molar refractivity (Wildman–Crippen MR) is 92.4 cm³/mol. The molecule has 4 aromatic rings. The van der Waals surface area contributed by atoms with Crippen molar-refractivity contribution < 1.29 is 9.63 Å². The van der Waals surface area contributed by atoms with Crippen molar-refractivity contribution >= 4 is 11.0 Å². The normalized spacial score (nSPS) is 11.3. The first-order valence-electron chi connectivity index (χ1n) is 7.77. The van der Waals surface area contributed by atoms with Crippen LogP contribution in [0.4, 0.5) is 0 Å². The number of imidazole rings is 1. The highest BCUT2D eigenvalue weighted by atomic mass is 16.5. The molecule has 0 fully saturated rings. The maximum Gasteiger partial charge on any atom is 0.151 e. The number of phenols is 1. The van der Waals surface area contributed by atoms with Gasteiger partial charge >= 0.3 is 0 Å². The van der Waals surface area contributed by atoms with Crippen molar-refractivity contribution in [1.82, 2.24) is 14.7 Å². The number of aromatic nitrogens is 3. The van der Waals surface area contributed by atoms with E-state index >= 15 is 0 Å². The largest absolute Gasteiger partial charge is 0.508 e. The van der Waals surface area contributed by atoms with Gasteiger partial charge in [-0.1, -0.05) is 17.3 Å². The molecule has 0 radical (unpaired) electrons. The molecule has 0 saturated carbocycles. The fourth-order valence-corrected chi connectivity index (χ4v) is 3.04. The fraction of sp³-hybridized carbons (Fsp3) is 0.158. The van der Waals surface area contributed by atoms with Crippen molar-refractivity contribution in [2.24, 2.45) is 0 Å². The minimum absolute atomic E-state index is 0.280. The summed E-state index contributed by atoms with van der Waals surface area (Å²) in [5.41, 5.74) is 5.36. The molecule has 0 bridgehead atoms. The highest BCUT2D eigenvalue weighted by Crippen LogP contribution is 2.33. The number of hydrogen-bond donors (Lipinski definition) is 1. The van der Waals surface area contributed by atoms with E-state index in [1.807, 2.05) is 57.2 Å². The number of nitrogens with zero attached hydrogens (tertiary/aromatic N) is 3. The second-order valence-corrected chi connectivity index (χ2v) is 5.93. The van der Waals surface area contributed by atoms with Crippen LogP contribution in [0, 0.1) is 20.8 Å². The predicted octanol–water partition coefficient (Wildman–Crippen LogP) is 4.31. The molecule has 1 N–H and O–H groups in total. The minimum atomic E-state index is 0.280. The first kappa shape index (κ1) is 14.5. The Hall–Kier alpha value is -3.08. The lowest BCUT2D eigenvalue weighted by molar-refractivity contribution is 0.393. The first-order valence-corrected chi connectivity index (χ1v) is 7.77. The Morgan fingerprint density at radius 3 is 2.54 bits per heavy atom. The number of aryl methyl sites for hydroxylation is 3. The lowest BCUT2D eigenvalue weighted by atomic mass is 10.1. The van der Waals surface area contributed by atoms with E-state index in [1.54, 1.807) is 6.07 Å². The molecule has 0 saturated heterocycles. The second-order valence-electron chi connectivity index (χ2n) is 5.93. The maximum atomic E-state index is 9.85. The van der Waals surface area contributed by atoms with Gasteiger partial charge in [0.25, 0.3) is 0 Å². The molecule has 120 valence electrons. The molecule has 0 amide bonds. The lowest BCUT2D eigenvalue weighted by Gasteiger charge is -2.11. The van der Waals surface area contributed by atoms with Gasteiger partial charge in [-0.2, -0.15) is 0 Å². The van der Waals surface area contributed by atoms with Crippen LogP contribution in [0.5, 0.6) is 5.75 Å². The summed E-state index contributed by atoms with van der Waals surface area (Å²) in [4.78, 5) is 4.81. The molecule has 4 rings (SSSR count). The Kier molecular flexibility index (Phi) is 3.16. The van der Waals surface area contributed by atoms with E-state index in [-0.39, 0.29) is 5.75 Å². The summed E-state index contributed by atoms with van der Waals surface area (Å²) in [6.45, 7) is 5.69. The zero-order chi connectivity index (χ0) is 16.8. The van der Waals surface area contributed by atoms with Crippen LogP contribution in [0.25, 0.3) is 28.1 Å². The SMILES string of the molecule is Cc1cc(-n2c(-c3c(C)noc3C)nc3ccccc32)ccc1O. The standard InChI is InChI=1S/C19H17N3O2/c1-11-10-14(8-9-17(11)23)22-16-7-5-4-6-15(16)20-19(22)18-12(2)21-24-13(18)3/h4-10,23H,1-3H3. The zero-order valence-electron chi connectivity index (χ0n) is 13.7. The highest BCUT2D eigenvalue weighted by Gasteiger charge is 2.21. The zero-order valence-corrected chi connectivity index (χ0v) is 13.7. The van der Waals surface area contributed by atoms with Gasteiger partial charge in [0.2, 0.25) is 0 Å². The maximum absolute atomic E-state index is 9.85. The molecule has 0 atom stereocenters. The third-order valence-electron chi connectivity index (χ3n) is 4.26. The van der Waals surface area contributed by atoms with Crippen molar-refractivity contribution in [3.8, 4) is 22.8 Å². The molecule has 5 heteroatoms. The van der Waals surface area contributed by atoms with Crippen LogP contribution >= 0.6 is 0 Å². The smallest absolute Gasteiger partial charge is 0.151 e. The first-order chi connectivity index (χ1) is 11.6. The lowest BCUT2D eigenvalue weighted by Crippen LogP contribution is -1.99. The topological polar surface area (TPSA) is 64.1 Å². The van der Waals surface area contributed by atoms with Gasteiger partial charge in [-0.15, -0.1) is 0 Å². The van der Waals surface area contributed by atoms with Crippen LogP contribution in [-0.4, -0.2) is 19.8 Å². The van der Waals surface area contributed by atoms with Gasteiger partial charge in [0.15, 0.2) is 5.82 Å². The molecule has 2 aromatic carbocycles. The molecule has 0 aliphatic heterocycles. The Bertz CT molecular complexity index is 1040. The van der Waals surface area contributed by atoms with Gasteiger partial charge in [-0.25, -0.2) is 4.98 Å². The van der Waals surface area contributed by atoms with E-state index in [4.69, 9.17) is 9.51 Å².